The Bertz CT molecular complexity index is 1530. The van der Waals surface area contributed by atoms with E-state index in [2.05, 4.69) is 25.3 Å². The molecule has 0 saturated carbocycles. The Morgan fingerprint density at radius 2 is 1.77 bits per heavy atom. The van der Waals surface area contributed by atoms with Gasteiger partial charge in [0.15, 0.2) is 17.3 Å². The van der Waals surface area contributed by atoms with Gasteiger partial charge in [-0.1, -0.05) is 0 Å². The number of aryl methyl sites for hydroxylation is 2. The lowest BCUT2D eigenvalue weighted by Crippen LogP contribution is -2.27. The molecule has 0 saturated heterocycles. The van der Waals surface area contributed by atoms with E-state index in [9.17, 15) is 4.79 Å². The first-order valence-electron chi connectivity index (χ1n) is 9.66. The average molecular weight is 416 g/mol. The van der Waals surface area contributed by atoms with Crippen molar-refractivity contribution in [2.24, 2.45) is 0 Å². The molecule has 11 heteroatoms. The number of rotatable bonds is 2. The molecular weight excluding hydrogens is 400 g/mol. The molecular formula is C20H16N8O3. The number of hydrogen-bond donors (Lipinski definition) is 0. The van der Waals surface area contributed by atoms with Crippen molar-refractivity contribution < 1.29 is 9.47 Å². The van der Waals surface area contributed by atoms with Gasteiger partial charge in [-0.3, -0.25) is 4.79 Å². The zero-order valence-electron chi connectivity index (χ0n) is 16.7. The summed E-state index contributed by atoms with van der Waals surface area (Å²) in [5, 5.41) is 13.0. The highest BCUT2D eigenvalue weighted by atomic mass is 16.6. The van der Waals surface area contributed by atoms with Gasteiger partial charge in [0, 0.05) is 18.0 Å². The summed E-state index contributed by atoms with van der Waals surface area (Å²) >= 11 is 0. The Morgan fingerprint density at radius 1 is 1.00 bits per heavy atom. The molecule has 5 aromatic rings. The summed E-state index contributed by atoms with van der Waals surface area (Å²) in [5.74, 6) is 3.44. The Labute approximate surface area is 174 Å². The zero-order valence-corrected chi connectivity index (χ0v) is 16.7. The van der Waals surface area contributed by atoms with Crippen molar-refractivity contribution in [2.45, 2.75) is 13.8 Å². The van der Waals surface area contributed by atoms with Gasteiger partial charge < -0.3 is 9.47 Å². The highest BCUT2D eigenvalue weighted by molar-refractivity contribution is 5.79. The maximum absolute atomic E-state index is 13.2. The molecule has 5 heterocycles. The van der Waals surface area contributed by atoms with Crippen LogP contribution in [0.15, 0.2) is 41.5 Å². The van der Waals surface area contributed by atoms with Gasteiger partial charge in [-0.25, -0.2) is 14.3 Å². The van der Waals surface area contributed by atoms with Gasteiger partial charge in [-0.2, -0.15) is 9.50 Å². The predicted octanol–water partition coefficient (Wildman–Crippen LogP) is 1.40. The van der Waals surface area contributed by atoms with Crippen LogP contribution in [-0.2, 0) is 0 Å². The standard InChI is InChI=1S/C20H16N8O3/c1-11-23-24-12(2)28(11)26-6-5-15-14(19(26)29)10-21-20-22-18(25-27(15)20)13-3-4-16-17(9-13)31-8-7-30-16/h3-6,9-10H,7-8H2,1-2H3. The smallest absolute Gasteiger partial charge is 0.280 e. The third-order valence-electron chi connectivity index (χ3n) is 5.18. The Balaban J connectivity index is 1.52. The summed E-state index contributed by atoms with van der Waals surface area (Å²) in [6, 6.07) is 7.35. The molecule has 1 aliphatic rings. The van der Waals surface area contributed by atoms with Gasteiger partial charge in [0.2, 0.25) is 0 Å². The Morgan fingerprint density at radius 3 is 2.58 bits per heavy atom. The van der Waals surface area contributed by atoms with Crippen molar-refractivity contribution >= 4 is 16.7 Å². The van der Waals surface area contributed by atoms with E-state index in [-0.39, 0.29) is 5.56 Å². The largest absolute Gasteiger partial charge is 0.486 e. The van der Waals surface area contributed by atoms with Crippen LogP contribution in [0.4, 0.5) is 0 Å². The van der Waals surface area contributed by atoms with Gasteiger partial charge in [0.05, 0.1) is 10.9 Å². The van der Waals surface area contributed by atoms with Crippen LogP contribution in [0.5, 0.6) is 11.5 Å². The maximum Gasteiger partial charge on any atom is 0.280 e. The number of fused-ring (bicyclic) bond motifs is 4. The van der Waals surface area contributed by atoms with Crippen LogP contribution < -0.4 is 15.0 Å². The summed E-state index contributed by atoms with van der Waals surface area (Å²) < 4.78 is 15.9. The molecule has 0 amide bonds. The quantitative estimate of drug-likeness (QED) is 0.424. The lowest BCUT2D eigenvalue weighted by molar-refractivity contribution is 0.171. The molecule has 0 aliphatic carbocycles. The summed E-state index contributed by atoms with van der Waals surface area (Å²) in [6.07, 6.45) is 3.18. The molecule has 1 aromatic carbocycles. The molecule has 0 radical (unpaired) electrons. The summed E-state index contributed by atoms with van der Waals surface area (Å²) in [6.45, 7) is 4.60. The first-order chi connectivity index (χ1) is 15.1. The molecule has 154 valence electrons. The molecule has 0 spiro atoms. The maximum atomic E-state index is 13.2. The highest BCUT2D eigenvalue weighted by Crippen LogP contribution is 2.33. The number of ether oxygens (including phenoxy) is 2. The molecule has 0 unspecified atom stereocenters. The fourth-order valence-corrected chi connectivity index (χ4v) is 3.75. The number of aromatic nitrogens is 8. The minimum absolute atomic E-state index is 0.255. The van der Waals surface area contributed by atoms with Crippen molar-refractivity contribution in [1.29, 1.82) is 0 Å². The van der Waals surface area contributed by atoms with Crippen LogP contribution in [0.2, 0.25) is 0 Å². The molecule has 31 heavy (non-hydrogen) atoms. The third kappa shape index (κ3) is 2.59. The lowest BCUT2D eigenvalue weighted by atomic mass is 10.2. The van der Waals surface area contributed by atoms with E-state index in [1.807, 2.05) is 18.2 Å². The van der Waals surface area contributed by atoms with E-state index in [1.54, 1.807) is 35.3 Å². The SMILES string of the molecule is Cc1nnc(C)n1-n1ccc2c(cnc3nc(-c4ccc5c(c4)OCCO5)nn32)c1=O. The van der Waals surface area contributed by atoms with Crippen molar-refractivity contribution in [1.82, 2.24) is 39.1 Å². The molecule has 1 aliphatic heterocycles. The van der Waals surface area contributed by atoms with Gasteiger partial charge in [-0.05, 0) is 38.1 Å². The van der Waals surface area contributed by atoms with E-state index in [0.29, 0.717) is 58.9 Å². The first-order valence-corrected chi connectivity index (χ1v) is 9.66. The number of pyridine rings is 1. The van der Waals surface area contributed by atoms with Crippen molar-refractivity contribution in [2.75, 3.05) is 13.2 Å². The number of benzene rings is 1. The molecule has 0 N–H and O–H groups in total. The fourth-order valence-electron chi connectivity index (χ4n) is 3.75. The Hall–Kier alpha value is -4.28. The fraction of sp³-hybridized carbons (Fsp3) is 0.200. The van der Waals surface area contributed by atoms with Crippen LogP contribution in [0.25, 0.3) is 28.1 Å². The molecule has 0 fully saturated rings. The van der Waals surface area contributed by atoms with Crippen molar-refractivity contribution in [3.63, 3.8) is 0 Å². The molecule has 0 bridgehead atoms. The average Bonchev–Trinajstić information content (AvgIpc) is 3.37. The normalized spacial score (nSPS) is 13.2. The van der Waals surface area contributed by atoms with E-state index in [4.69, 9.17) is 9.47 Å². The molecule has 4 aromatic heterocycles. The highest BCUT2D eigenvalue weighted by Gasteiger charge is 2.17. The summed E-state index contributed by atoms with van der Waals surface area (Å²) in [5.41, 5.74) is 1.12. The van der Waals surface area contributed by atoms with Gasteiger partial charge in [0.1, 0.15) is 24.9 Å². The predicted molar refractivity (Wildman–Crippen MR) is 109 cm³/mol. The van der Waals surface area contributed by atoms with Gasteiger partial charge in [0.25, 0.3) is 11.3 Å². The monoisotopic (exact) mass is 416 g/mol. The third-order valence-corrected chi connectivity index (χ3v) is 5.18. The van der Waals surface area contributed by atoms with E-state index in [1.165, 1.54) is 10.9 Å². The van der Waals surface area contributed by atoms with E-state index >= 15 is 0 Å². The second-order valence-corrected chi connectivity index (χ2v) is 7.13. The van der Waals surface area contributed by atoms with Gasteiger partial charge >= 0.3 is 0 Å². The van der Waals surface area contributed by atoms with Crippen LogP contribution >= 0.6 is 0 Å². The minimum Gasteiger partial charge on any atom is -0.486 e. The van der Waals surface area contributed by atoms with Crippen molar-refractivity contribution in [3.05, 3.63) is 58.7 Å². The van der Waals surface area contributed by atoms with Crippen LogP contribution in [0, 0.1) is 13.8 Å². The van der Waals surface area contributed by atoms with Crippen molar-refractivity contribution in [3.8, 4) is 22.9 Å². The second-order valence-electron chi connectivity index (χ2n) is 7.13. The summed E-state index contributed by atoms with van der Waals surface area (Å²) in [4.78, 5) is 22.0. The summed E-state index contributed by atoms with van der Waals surface area (Å²) in [7, 11) is 0. The first kappa shape index (κ1) is 17.6. The zero-order chi connectivity index (χ0) is 21.1. The number of nitrogens with zero attached hydrogens (tertiary/aromatic N) is 8. The molecule has 0 atom stereocenters. The number of hydrogen-bond acceptors (Lipinski definition) is 8. The topological polar surface area (TPSA) is 114 Å². The van der Waals surface area contributed by atoms with E-state index < -0.39 is 0 Å². The van der Waals surface area contributed by atoms with Crippen LogP contribution in [0.1, 0.15) is 11.6 Å². The molecule has 6 rings (SSSR count). The van der Waals surface area contributed by atoms with Crippen LogP contribution in [0.3, 0.4) is 0 Å². The van der Waals surface area contributed by atoms with Crippen LogP contribution in [-0.4, -0.2) is 52.3 Å². The van der Waals surface area contributed by atoms with Gasteiger partial charge in [-0.15, -0.1) is 15.3 Å². The second kappa shape index (κ2) is 6.36. The lowest BCUT2D eigenvalue weighted by Gasteiger charge is -2.18. The Kier molecular flexibility index (Phi) is 3.60. The molecule has 11 nitrogen and oxygen atoms in total. The van der Waals surface area contributed by atoms with E-state index in [0.717, 1.165) is 5.56 Å². The minimum atomic E-state index is -0.255.